The highest BCUT2D eigenvalue weighted by atomic mass is 16.5. The van der Waals surface area contributed by atoms with E-state index in [1.807, 2.05) is 12.1 Å². The fourth-order valence-electron chi connectivity index (χ4n) is 3.06. The van der Waals surface area contributed by atoms with Gasteiger partial charge in [-0.2, -0.15) is 5.26 Å². The van der Waals surface area contributed by atoms with E-state index >= 15 is 0 Å². The lowest BCUT2D eigenvalue weighted by Gasteiger charge is -2.22. The van der Waals surface area contributed by atoms with Crippen molar-refractivity contribution in [3.05, 3.63) is 72.3 Å². The van der Waals surface area contributed by atoms with Crippen LogP contribution in [0.5, 0.6) is 0 Å². The standard InChI is InChI=1S/C22H19N3O4/c1-16-18-10-5-6-11-19(18)22(28)25(16)14-21(27)29-15-20(26)24(13-7-12-23)17-8-3-2-4-9-17/h2-6,8-11H,1,7,13-15H2. The molecular weight excluding hydrogens is 370 g/mol. The summed E-state index contributed by atoms with van der Waals surface area (Å²) in [5.74, 6) is -1.49. The van der Waals surface area contributed by atoms with E-state index in [4.69, 9.17) is 10.00 Å². The molecular formula is C22H19N3O4. The Balaban J connectivity index is 1.60. The highest BCUT2D eigenvalue weighted by molar-refractivity contribution is 6.10. The molecule has 2 amide bonds. The van der Waals surface area contributed by atoms with Crippen molar-refractivity contribution in [2.45, 2.75) is 6.42 Å². The Labute approximate surface area is 168 Å². The van der Waals surface area contributed by atoms with Gasteiger partial charge in [0.25, 0.3) is 11.8 Å². The maximum atomic E-state index is 12.5. The first-order chi connectivity index (χ1) is 14.0. The summed E-state index contributed by atoms with van der Waals surface area (Å²) in [7, 11) is 0. The quantitative estimate of drug-likeness (QED) is 0.679. The Hall–Kier alpha value is -3.92. The van der Waals surface area contributed by atoms with Gasteiger partial charge in [-0.05, 0) is 18.2 Å². The summed E-state index contributed by atoms with van der Waals surface area (Å²) in [4.78, 5) is 39.9. The average Bonchev–Trinajstić information content (AvgIpc) is 2.98. The second-order valence-electron chi connectivity index (χ2n) is 6.33. The summed E-state index contributed by atoms with van der Waals surface area (Å²) < 4.78 is 5.10. The number of nitriles is 1. The first-order valence-corrected chi connectivity index (χ1v) is 9.01. The van der Waals surface area contributed by atoms with Gasteiger partial charge in [0, 0.05) is 29.1 Å². The van der Waals surface area contributed by atoms with E-state index < -0.39 is 18.5 Å². The van der Waals surface area contributed by atoms with Crippen molar-refractivity contribution < 1.29 is 19.1 Å². The molecule has 0 saturated carbocycles. The summed E-state index contributed by atoms with van der Waals surface area (Å²) in [6.45, 7) is 3.24. The van der Waals surface area contributed by atoms with Crippen molar-refractivity contribution in [2.24, 2.45) is 0 Å². The number of rotatable bonds is 7. The third-order valence-electron chi connectivity index (χ3n) is 4.50. The number of esters is 1. The van der Waals surface area contributed by atoms with E-state index in [1.165, 1.54) is 9.80 Å². The van der Waals surface area contributed by atoms with Crippen LogP contribution in [0.4, 0.5) is 5.69 Å². The van der Waals surface area contributed by atoms with Gasteiger partial charge in [0.15, 0.2) is 6.61 Å². The van der Waals surface area contributed by atoms with E-state index in [0.29, 0.717) is 22.5 Å². The molecule has 0 N–H and O–H groups in total. The zero-order valence-electron chi connectivity index (χ0n) is 15.7. The highest BCUT2D eigenvalue weighted by Gasteiger charge is 2.32. The lowest BCUT2D eigenvalue weighted by atomic mass is 10.1. The lowest BCUT2D eigenvalue weighted by molar-refractivity contribution is -0.147. The first kappa shape index (κ1) is 19.8. The third-order valence-corrected chi connectivity index (χ3v) is 4.50. The van der Waals surface area contributed by atoms with Crippen molar-refractivity contribution in [3.63, 3.8) is 0 Å². The van der Waals surface area contributed by atoms with Gasteiger partial charge >= 0.3 is 5.97 Å². The van der Waals surface area contributed by atoms with E-state index in [1.54, 1.807) is 48.5 Å². The number of benzene rings is 2. The molecule has 1 heterocycles. The fourth-order valence-corrected chi connectivity index (χ4v) is 3.06. The maximum absolute atomic E-state index is 12.5. The van der Waals surface area contributed by atoms with Crippen LogP contribution in [-0.2, 0) is 14.3 Å². The van der Waals surface area contributed by atoms with Gasteiger partial charge < -0.3 is 9.64 Å². The Kier molecular flexibility index (Phi) is 6.05. The van der Waals surface area contributed by atoms with Crippen molar-refractivity contribution in [2.75, 3.05) is 24.6 Å². The van der Waals surface area contributed by atoms with Crippen LogP contribution in [0.2, 0.25) is 0 Å². The van der Waals surface area contributed by atoms with Crippen LogP contribution in [0.1, 0.15) is 22.3 Å². The summed E-state index contributed by atoms with van der Waals surface area (Å²) in [6.07, 6.45) is 0.148. The number of anilines is 1. The van der Waals surface area contributed by atoms with Gasteiger partial charge in [-0.25, -0.2) is 0 Å². The van der Waals surface area contributed by atoms with E-state index in [-0.39, 0.29) is 25.4 Å². The number of amides is 2. The molecule has 1 aliphatic rings. The van der Waals surface area contributed by atoms with Crippen molar-refractivity contribution in [1.29, 1.82) is 5.26 Å². The number of nitrogens with zero attached hydrogens (tertiary/aromatic N) is 3. The van der Waals surface area contributed by atoms with Gasteiger partial charge in [0.05, 0.1) is 12.5 Å². The molecule has 2 aromatic rings. The normalized spacial score (nSPS) is 12.3. The summed E-state index contributed by atoms with van der Waals surface area (Å²) in [5.41, 5.74) is 2.19. The second-order valence-corrected chi connectivity index (χ2v) is 6.33. The minimum absolute atomic E-state index is 0.148. The highest BCUT2D eigenvalue weighted by Crippen LogP contribution is 2.30. The smallest absolute Gasteiger partial charge is 0.326 e. The minimum atomic E-state index is -0.714. The fraction of sp³-hybridized carbons (Fsp3) is 0.182. The third kappa shape index (κ3) is 4.33. The predicted octanol–water partition coefficient (Wildman–Crippen LogP) is 2.60. The molecule has 3 rings (SSSR count). The molecule has 7 heteroatoms. The molecule has 0 fully saturated rings. The number of hydrogen-bond acceptors (Lipinski definition) is 5. The molecule has 146 valence electrons. The molecule has 0 atom stereocenters. The monoisotopic (exact) mass is 389 g/mol. The van der Waals surface area contributed by atoms with Gasteiger partial charge in [-0.1, -0.05) is 43.0 Å². The number of fused-ring (bicyclic) bond motifs is 1. The van der Waals surface area contributed by atoms with Gasteiger partial charge in [0.1, 0.15) is 6.54 Å². The summed E-state index contributed by atoms with van der Waals surface area (Å²) >= 11 is 0. The molecule has 0 radical (unpaired) electrons. The molecule has 0 saturated heterocycles. The van der Waals surface area contributed by atoms with Crippen molar-refractivity contribution in [3.8, 4) is 6.07 Å². The molecule has 0 aromatic heterocycles. The summed E-state index contributed by atoms with van der Waals surface area (Å²) in [6, 6.07) is 17.8. The zero-order chi connectivity index (χ0) is 20.8. The van der Waals surface area contributed by atoms with E-state index in [2.05, 4.69) is 6.58 Å². The van der Waals surface area contributed by atoms with Gasteiger partial charge in [-0.3, -0.25) is 19.3 Å². The number of ether oxygens (including phenoxy) is 1. The molecule has 0 spiro atoms. The van der Waals surface area contributed by atoms with Crippen LogP contribution in [-0.4, -0.2) is 42.4 Å². The largest absolute Gasteiger partial charge is 0.454 e. The molecule has 7 nitrogen and oxygen atoms in total. The average molecular weight is 389 g/mol. The van der Waals surface area contributed by atoms with Crippen LogP contribution in [0, 0.1) is 11.3 Å². The Bertz CT molecular complexity index is 960. The van der Waals surface area contributed by atoms with Crippen molar-refractivity contribution in [1.82, 2.24) is 4.90 Å². The van der Waals surface area contributed by atoms with Crippen LogP contribution < -0.4 is 4.90 Å². The Morgan fingerprint density at radius 3 is 2.38 bits per heavy atom. The van der Waals surface area contributed by atoms with Crippen LogP contribution in [0.25, 0.3) is 5.70 Å². The molecule has 0 unspecified atom stereocenters. The van der Waals surface area contributed by atoms with Gasteiger partial charge in [-0.15, -0.1) is 0 Å². The number of carbonyl (C=O) groups excluding carboxylic acids is 3. The number of hydrogen-bond donors (Lipinski definition) is 0. The van der Waals surface area contributed by atoms with E-state index in [9.17, 15) is 14.4 Å². The molecule has 0 bridgehead atoms. The molecule has 0 aliphatic carbocycles. The van der Waals surface area contributed by atoms with Crippen LogP contribution >= 0.6 is 0 Å². The van der Waals surface area contributed by atoms with Crippen molar-refractivity contribution >= 4 is 29.2 Å². The van der Waals surface area contributed by atoms with Crippen LogP contribution in [0.15, 0.2) is 61.2 Å². The molecule has 1 aliphatic heterocycles. The van der Waals surface area contributed by atoms with E-state index in [0.717, 1.165) is 0 Å². The Morgan fingerprint density at radius 1 is 1.07 bits per heavy atom. The predicted molar refractivity (Wildman–Crippen MR) is 106 cm³/mol. The minimum Gasteiger partial charge on any atom is -0.454 e. The lowest BCUT2D eigenvalue weighted by Crippen LogP contribution is -2.37. The molecule has 29 heavy (non-hydrogen) atoms. The zero-order valence-corrected chi connectivity index (χ0v) is 15.7. The Morgan fingerprint density at radius 2 is 1.72 bits per heavy atom. The maximum Gasteiger partial charge on any atom is 0.326 e. The first-order valence-electron chi connectivity index (χ1n) is 9.01. The topological polar surface area (TPSA) is 90.7 Å². The number of para-hydroxylation sites is 1. The molecule has 2 aromatic carbocycles. The SMILES string of the molecule is C=C1c2ccccc2C(=O)N1CC(=O)OCC(=O)N(CCC#N)c1ccccc1. The van der Waals surface area contributed by atoms with Gasteiger partial charge in [0.2, 0.25) is 0 Å². The number of carbonyl (C=O) groups is 3. The van der Waals surface area contributed by atoms with Crippen LogP contribution in [0.3, 0.4) is 0 Å². The second kappa shape index (κ2) is 8.85. The summed E-state index contributed by atoms with van der Waals surface area (Å²) in [5, 5.41) is 8.83.